The summed E-state index contributed by atoms with van der Waals surface area (Å²) >= 11 is 6.09. The number of hydrogen-bond donors (Lipinski definition) is 1. The van der Waals surface area contributed by atoms with Crippen molar-refractivity contribution in [2.24, 2.45) is 0 Å². The van der Waals surface area contributed by atoms with Crippen LogP contribution in [-0.2, 0) is 13.0 Å². The highest BCUT2D eigenvalue weighted by molar-refractivity contribution is 6.31. The molecule has 1 N–H and O–H groups in total. The van der Waals surface area contributed by atoms with Gasteiger partial charge in [0, 0.05) is 17.6 Å². The number of aryl methyl sites for hydroxylation is 1. The molecule has 0 radical (unpaired) electrons. The Labute approximate surface area is 130 Å². The number of benzene rings is 1. The van der Waals surface area contributed by atoms with Crippen molar-refractivity contribution in [1.82, 2.24) is 15.3 Å². The Morgan fingerprint density at radius 2 is 2.05 bits per heavy atom. The largest absolute Gasteiger partial charge is 0.437 e. The maximum absolute atomic E-state index is 6.09. The maximum Gasteiger partial charge on any atom is 0.237 e. The molecule has 0 spiro atoms. The van der Waals surface area contributed by atoms with Gasteiger partial charge in [0.2, 0.25) is 5.88 Å². The van der Waals surface area contributed by atoms with Gasteiger partial charge in [-0.2, -0.15) is 0 Å². The number of halogens is 1. The minimum atomic E-state index is 0.421. The Balaban J connectivity index is 2.03. The lowest BCUT2D eigenvalue weighted by Gasteiger charge is -2.09. The third kappa shape index (κ3) is 4.69. The molecule has 21 heavy (non-hydrogen) atoms. The number of nitrogens with one attached hydrogen (secondary N) is 1. The molecule has 1 aromatic carbocycles. The third-order valence-electron chi connectivity index (χ3n) is 2.99. The van der Waals surface area contributed by atoms with Gasteiger partial charge in [-0.1, -0.05) is 32.4 Å². The minimum absolute atomic E-state index is 0.421. The molecule has 0 saturated carbocycles. The molecular weight excluding hydrogens is 286 g/mol. The average Bonchev–Trinajstić information content (AvgIpc) is 2.48. The third-order valence-corrected chi connectivity index (χ3v) is 3.36. The van der Waals surface area contributed by atoms with Gasteiger partial charge in [0.25, 0.3) is 0 Å². The first kappa shape index (κ1) is 15.7. The Kier molecular flexibility index (Phi) is 5.53. The lowest BCUT2D eigenvalue weighted by Crippen LogP contribution is -2.22. The molecule has 2 rings (SSSR count). The molecule has 0 bridgehead atoms. The highest BCUT2D eigenvalue weighted by atomic mass is 35.5. The van der Waals surface area contributed by atoms with Crippen LogP contribution in [0.4, 0.5) is 0 Å². The molecule has 0 unspecified atom stereocenters. The first-order valence-corrected chi connectivity index (χ1v) is 7.47. The molecule has 1 heterocycles. The zero-order valence-corrected chi connectivity index (χ0v) is 13.3. The summed E-state index contributed by atoms with van der Waals surface area (Å²) < 4.78 is 5.70. The van der Waals surface area contributed by atoms with Gasteiger partial charge in [0.1, 0.15) is 5.75 Å². The van der Waals surface area contributed by atoms with E-state index in [4.69, 9.17) is 16.3 Å². The second kappa shape index (κ2) is 7.38. The van der Waals surface area contributed by atoms with E-state index in [0.717, 1.165) is 28.5 Å². The molecule has 0 fully saturated rings. The van der Waals surface area contributed by atoms with Crippen LogP contribution in [0, 0.1) is 0 Å². The van der Waals surface area contributed by atoms with Crippen molar-refractivity contribution in [3.8, 4) is 11.6 Å². The van der Waals surface area contributed by atoms with Crippen LogP contribution in [0.25, 0.3) is 0 Å². The standard InChI is InChI=1S/C16H20ClN3O/c1-4-12-7-14(5-6-15(12)17)21-16-10-19-13(9-20-16)8-18-11(2)3/h5-7,9-11,18H,4,8H2,1-3H3. The highest BCUT2D eigenvalue weighted by Crippen LogP contribution is 2.25. The molecular formula is C16H20ClN3O. The van der Waals surface area contributed by atoms with Crippen LogP contribution in [0.5, 0.6) is 11.6 Å². The smallest absolute Gasteiger partial charge is 0.237 e. The van der Waals surface area contributed by atoms with Gasteiger partial charge in [0.05, 0.1) is 18.1 Å². The van der Waals surface area contributed by atoms with E-state index in [9.17, 15) is 0 Å². The van der Waals surface area contributed by atoms with Gasteiger partial charge < -0.3 is 10.1 Å². The Morgan fingerprint density at radius 3 is 2.67 bits per heavy atom. The second-order valence-corrected chi connectivity index (χ2v) is 5.50. The van der Waals surface area contributed by atoms with Gasteiger partial charge >= 0.3 is 0 Å². The summed E-state index contributed by atoms with van der Waals surface area (Å²) in [5.41, 5.74) is 1.95. The first-order valence-electron chi connectivity index (χ1n) is 7.09. The SMILES string of the molecule is CCc1cc(Oc2cnc(CNC(C)C)cn2)ccc1Cl. The monoisotopic (exact) mass is 305 g/mol. The molecule has 0 aliphatic heterocycles. The molecule has 0 aliphatic rings. The van der Waals surface area contributed by atoms with E-state index >= 15 is 0 Å². The molecule has 0 amide bonds. The molecule has 0 saturated heterocycles. The highest BCUT2D eigenvalue weighted by Gasteiger charge is 2.04. The van der Waals surface area contributed by atoms with Gasteiger partial charge in [-0.05, 0) is 30.2 Å². The van der Waals surface area contributed by atoms with Crippen molar-refractivity contribution in [3.05, 3.63) is 46.9 Å². The number of rotatable bonds is 6. The van der Waals surface area contributed by atoms with E-state index in [0.29, 0.717) is 18.5 Å². The molecule has 0 aliphatic carbocycles. The molecule has 5 heteroatoms. The van der Waals surface area contributed by atoms with Crippen LogP contribution in [-0.4, -0.2) is 16.0 Å². The Bertz CT molecular complexity index is 585. The average molecular weight is 306 g/mol. The van der Waals surface area contributed by atoms with Crippen molar-refractivity contribution in [3.63, 3.8) is 0 Å². The Hall–Kier alpha value is -1.65. The van der Waals surface area contributed by atoms with Gasteiger partial charge in [-0.15, -0.1) is 0 Å². The lowest BCUT2D eigenvalue weighted by molar-refractivity contribution is 0.457. The van der Waals surface area contributed by atoms with Crippen molar-refractivity contribution in [1.29, 1.82) is 0 Å². The van der Waals surface area contributed by atoms with Crippen LogP contribution in [0.3, 0.4) is 0 Å². The zero-order chi connectivity index (χ0) is 15.2. The molecule has 4 nitrogen and oxygen atoms in total. The van der Waals surface area contributed by atoms with Gasteiger partial charge in [-0.3, -0.25) is 4.98 Å². The van der Waals surface area contributed by atoms with Gasteiger partial charge in [0.15, 0.2) is 0 Å². The molecule has 112 valence electrons. The summed E-state index contributed by atoms with van der Waals surface area (Å²) in [6.45, 7) is 6.95. The Morgan fingerprint density at radius 1 is 1.24 bits per heavy atom. The summed E-state index contributed by atoms with van der Waals surface area (Å²) in [5, 5.41) is 4.05. The fourth-order valence-corrected chi connectivity index (χ4v) is 2.05. The maximum atomic E-state index is 6.09. The minimum Gasteiger partial charge on any atom is -0.437 e. The van der Waals surface area contributed by atoms with E-state index < -0.39 is 0 Å². The molecule has 2 aromatic rings. The van der Waals surface area contributed by atoms with E-state index in [1.165, 1.54) is 0 Å². The predicted molar refractivity (Wildman–Crippen MR) is 84.9 cm³/mol. The number of aromatic nitrogens is 2. The van der Waals surface area contributed by atoms with Crippen LogP contribution in [0.15, 0.2) is 30.6 Å². The fourth-order valence-electron chi connectivity index (χ4n) is 1.80. The van der Waals surface area contributed by atoms with Crippen molar-refractivity contribution >= 4 is 11.6 Å². The van der Waals surface area contributed by atoms with E-state index in [2.05, 4.69) is 36.1 Å². The van der Waals surface area contributed by atoms with E-state index in [1.54, 1.807) is 12.4 Å². The van der Waals surface area contributed by atoms with Crippen molar-refractivity contribution < 1.29 is 4.74 Å². The van der Waals surface area contributed by atoms with Crippen LogP contribution >= 0.6 is 11.6 Å². The number of hydrogen-bond acceptors (Lipinski definition) is 4. The fraction of sp³-hybridized carbons (Fsp3) is 0.375. The summed E-state index contributed by atoms with van der Waals surface area (Å²) in [7, 11) is 0. The van der Waals surface area contributed by atoms with Crippen molar-refractivity contribution in [2.75, 3.05) is 0 Å². The van der Waals surface area contributed by atoms with Crippen molar-refractivity contribution in [2.45, 2.75) is 39.8 Å². The van der Waals surface area contributed by atoms with Crippen LogP contribution in [0.2, 0.25) is 5.02 Å². The summed E-state index contributed by atoms with van der Waals surface area (Å²) in [6.07, 6.45) is 4.22. The zero-order valence-electron chi connectivity index (χ0n) is 12.6. The normalized spacial score (nSPS) is 10.9. The molecule has 0 atom stereocenters. The number of ether oxygens (including phenoxy) is 1. The topological polar surface area (TPSA) is 47.0 Å². The van der Waals surface area contributed by atoms with Crippen LogP contribution < -0.4 is 10.1 Å². The molecule has 1 aromatic heterocycles. The van der Waals surface area contributed by atoms with Crippen LogP contribution in [0.1, 0.15) is 32.0 Å². The lowest BCUT2D eigenvalue weighted by atomic mass is 10.1. The van der Waals surface area contributed by atoms with E-state index in [-0.39, 0.29) is 0 Å². The summed E-state index contributed by atoms with van der Waals surface area (Å²) in [6, 6.07) is 6.02. The quantitative estimate of drug-likeness (QED) is 0.877. The summed E-state index contributed by atoms with van der Waals surface area (Å²) in [4.78, 5) is 8.60. The van der Waals surface area contributed by atoms with Gasteiger partial charge in [-0.25, -0.2) is 4.98 Å². The first-order chi connectivity index (χ1) is 10.1. The summed E-state index contributed by atoms with van der Waals surface area (Å²) in [5.74, 6) is 1.20. The second-order valence-electron chi connectivity index (χ2n) is 5.09. The van der Waals surface area contributed by atoms with E-state index in [1.807, 2.05) is 18.2 Å². The predicted octanol–water partition coefficient (Wildman–Crippen LogP) is 3.98. The number of nitrogens with zero attached hydrogens (tertiary/aromatic N) is 2.